The van der Waals surface area contributed by atoms with Crippen LogP contribution in [0.25, 0.3) is 0 Å². The van der Waals surface area contributed by atoms with E-state index in [9.17, 15) is 0 Å². The van der Waals surface area contributed by atoms with Crippen LogP contribution in [0.15, 0.2) is 24.3 Å². The van der Waals surface area contributed by atoms with E-state index in [-0.39, 0.29) is 0 Å². The van der Waals surface area contributed by atoms with Crippen molar-refractivity contribution in [2.24, 2.45) is 0 Å². The normalized spacial score (nSPS) is 12.6. The summed E-state index contributed by atoms with van der Waals surface area (Å²) in [5.74, 6) is 0. The highest BCUT2D eigenvalue weighted by Crippen LogP contribution is 2.14. The fourth-order valence-electron chi connectivity index (χ4n) is 2.63. The highest BCUT2D eigenvalue weighted by Gasteiger charge is 2.03. The molecule has 1 rings (SSSR count). The van der Waals surface area contributed by atoms with Gasteiger partial charge in [-0.3, -0.25) is 0 Å². The van der Waals surface area contributed by atoms with E-state index < -0.39 is 0 Å². The van der Waals surface area contributed by atoms with Gasteiger partial charge in [0.2, 0.25) is 0 Å². The third kappa shape index (κ3) is 7.69. The van der Waals surface area contributed by atoms with Crippen molar-refractivity contribution in [1.82, 2.24) is 5.32 Å². The Bertz CT molecular complexity index is 345. The van der Waals surface area contributed by atoms with E-state index in [1.807, 2.05) is 0 Å². The zero-order valence-corrected chi connectivity index (χ0v) is 13.8. The van der Waals surface area contributed by atoms with E-state index in [0.29, 0.717) is 6.04 Å². The van der Waals surface area contributed by atoms with Gasteiger partial charge in [0.1, 0.15) is 0 Å². The Kier molecular flexibility index (Phi) is 9.40. The quantitative estimate of drug-likeness (QED) is 0.504. The second-order valence-electron chi connectivity index (χ2n) is 6.06. The van der Waals surface area contributed by atoms with Gasteiger partial charge in [-0.15, -0.1) is 0 Å². The van der Waals surface area contributed by atoms with E-state index in [0.717, 1.165) is 6.54 Å². The summed E-state index contributed by atoms with van der Waals surface area (Å²) in [6.45, 7) is 7.85. The van der Waals surface area contributed by atoms with Crippen LogP contribution in [0.5, 0.6) is 0 Å². The first-order chi connectivity index (χ1) is 9.74. The van der Waals surface area contributed by atoms with E-state index in [4.69, 9.17) is 0 Å². The summed E-state index contributed by atoms with van der Waals surface area (Å²) in [6, 6.07) is 9.29. The summed E-state index contributed by atoms with van der Waals surface area (Å²) in [4.78, 5) is 0. The van der Waals surface area contributed by atoms with Crippen molar-refractivity contribution in [2.45, 2.75) is 78.2 Å². The highest BCUT2D eigenvalue weighted by atomic mass is 14.9. The second kappa shape index (κ2) is 10.9. The van der Waals surface area contributed by atoms with Crippen molar-refractivity contribution in [3.63, 3.8) is 0 Å². The van der Waals surface area contributed by atoms with Crippen LogP contribution in [0.4, 0.5) is 0 Å². The summed E-state index contributed by atoms with van der Waals surface area (Å²) in [5, 5.41) is 3.64. The Hall–Kier alpha value is -0.820. The smallest absolute Gasteiger partial charge is 0.0291 e. The molecule has 1 N–H and O–H groups in total. The lowest BCUT2D eigenvalue weighted by molar-refractivity contribution is 0.521. The molecule has 0 radical (unpaired) electrons. The van der Waals surface area contributed by atoms with Crippen molar-refractivity contribution in [1.29, 1.82) is 0 Å². The highest BCUT2D eigenvalue weighted by molar-refractivity contribution is 5.24. The standard InChI is InChI=1S/C19H33N/c1-4-5-6-7-8-9-10-11-15-20-18(3)19-14-12-13-17(2)16-19/h12-14,16,18,20H,4-11,15H2,1-3H3. The molecule has 0 spiro atoms. The van der Waals surface area contributed by atoms with E-state index in [1.54, 1.807) is 0 Å². The van der Waals surface area contributed by atoms with Crippen LogP contribution >= 0.6 is 0 Å². The van der Waals surface area contributed by atoms with Gasteiger partial charge >= 0.3 is 0 Å². The van der Waals surface area contributed by atoms with Gasteiger partial charge < -0.3 is 5.32 Å². The molecule has 0 aliphatic heterocycles. The SMILES string of the molecule is CCCCCCCCCCNC(C)c1cccc(C)c1. The van der Waals surface area contributed by atoms with Crippen molar-refractivity contribution in [3.05, 3.63) is 35.4 Å². The summed E-state index contributed by atoms with van der Waals surface area (Å²) >= 11 is 0. The summed E-state index contributed by atoms with van der Waals surface area (Å²) in [7, 11) is 0. The Labute approximate surface area is 126 Å². The molecule has 0 aliphatic rings. The maximum Gasteiger partial charge on any atom is 0.0291 e. The average Bonchev–Trinajstić information content (AvgIpc) is 2.45. The maximum absolute atomic E-state index is 3.64. The van der Waals surface area contributed by atoms with E-state index in [1.165, 1.54) is 62.5 Å². The molecular weight excluding hydrogens is 242 g/mol. The van der Waals surface area contributed by atoms with E-state index in [2.05, 4.69) is 50.4 Å². The van der Waals surface area contributed by atoms with Crippen molar-refractivity contribution < 1.29 is 0 Å². The van der Waals surface area contributed by atoms with Gasteiger partial charge in [-0.1, -0.05) is 81.7 Å². The minimum atomic E-state index is 0.472. The molecule has 0 saturated carbocycles. The van der Waals surface area contributed by atoms with Crippen LogP contribution in [0.1, 0.15) is 82.4 Å². The maximum atomic E-state index is 3.64. The number of rotatable bonds is 11. The molecule has 0 fully saturated rings. The van der Waals surface area contributed by atoms with Crippen molar-refractivity contribution in [3.8, 4) is 0 Å². The lowest BCUT2D eigenvalue weighted by Gasteiger charge is -2.14. The number of unbranched alkanes of at least 4 members (excludes halogenated alkanes) is 7. The topological polar surface area (TPSA) is 12.0 Å². The number of hydrogen-bond donors (Lipinski definition) is 1. The lowest BCUT2D eigenvalue weighted by Crippen LogP contribution is -2.19. The van der Waals surface area contributed by atoms with Crippen LogP contribution in [0.3, 0.4) is 0 Å². The predicted octanol–water partition coefficient (Wildman–Crippen LogP) is 5.79. The van der Waals surface area contributed by atoms with Crippen LogP contribution in [-0.4, -0.2) is 6.54 Å². The average molecular weight is 275 g/mol. The molecule has 114 valence electrons. The predicted molar refractivity (Wildman–Crippen MR) is 90.2 cm³/mol. The minimum absolute atomic E-state index is 0.472. The second-order valence-corrected chi connectivity index (χ2v) is 6.06. The molecule has 0 saturated heterocycles. The van der Waals surface area contributed by atoms with Crippen molar-refractivity contribution in [2.75, 3.05) is 6.54 Å². The van der Waals surface area contributed by atoms with Gasteiger partial charge in [-0.25, -0.2) is 0 Å². The molecule has 1 atom stereocenters. The number of aryl methyl sites for hydroxylation is 1. The molecule has 0 bridgehead atoms. The third-order valence-electron chi connectivity index (χ3n) is 4.02. The van der Waals surface area contributed by atoms with Gasteiger partial charge in [0.15, 0.2) is 0 Å². The first-order valence-corrected chi connectivity index (χ1v) is 8.54. The third-order valence-corrected chi connectivity index (χ3v) is 4.02. The Morgan fingerprint density at radius 3 is 2.25 bits per heavy atom. The van der Waals surface area contributed by atoms with Crippen LogP contribution in [-0.2, 0) is 0 Å². The molecule has 1 heteroatoms. The van der Waals surface area contributed by atoms with Crippen LogP contribution < -0.4 is 5.32 Å². The summed E-state index contributed by atoms with van der Waals surface area (Å²) in [5.41, 5.74) is 2.76. The fraction of sp³-hybridized carbons (Fsp3) is 0.684. The van der Waals surface area contributed by atoms with E-state index >= 15 is 0 Å². The van der Waals surface area contributed by atoms with Crippen molar-refractivity contribution >= 4 is 0 Å². The molecule has 0 amide bonds. The molecule has 1 nitrogen and oxygen atoms in total. The van der Waals surface area contributed by atoms with Crippen LogP contribution in [0.2, 0.25) is 0 Å². The minimum Gasteiger partial charge on any atom is -0.310 e. The van der Waals surface area contributed by atoms with Gasteiger partial charge in [-0.2, -0.15) is 0 Å². The van der Waals surface area contributed by atoms with Gasteiger partial charge in [0.25, 0.3) is 0 Å². The number of nitrogens with one attached hydrogen (secondary N) is 1. The Morgan fingerprint density at radius 1 is 0.950 bits per heavy atom. The van der Waals surface area contributed by atoms with Crippen LogP contribution in [0, 0.1) is 6.92 Å². The Morgan fingerprint density at radius 2 is 1.60 bits per heavy atom. The molecule has 0 aliphatic carbocycles. The Balaban J connectivity index is 2.01. The zero-order chi connectivity index (χ0) is 14.6. The molecule has 1 unspecified atom stereocenters. The van der Waals surface area contributed by atoms with Gasteiger partial charge in [0.05, 0.1) is 0 Å². The molecule has 20 heavy (non-hydrogen) atoms. The summed E-state index contributed by atoms with van der Waals surface area (Å²) in [6.07, 6.45) is 11.1. The monoisotopic (exact) mass is 275 g/mol. The lowest BCUT2D eigenvalue weighted by atomic mass is 10.1. The summed E-state index contributed by atoms with van der Waals surface area (Å²) < 4.78 is 0. The first-order valence-electron chi connectivity index (χ1n) is 8.54. The fourth-order valence-corrected chi connectivity index (χ4v) is 2.63. The molecule has 0 aromatic heterocycles. The molecule has 1 aromatic carbocycles. The number of benzene rings is 1. The van der Waals surface area contributed by atoms with Gasteiger partial charge in [0, 0.05) is 6.04 Å². The zero-order valence-electron chi connectivity index (χ0n) is 13.8. The van der Waals surface area contributed by atoms with Gasteiger partial charge in [-0.05, 0) is 32.4 Å². The number of hydrogen-bond acceptors (Lipinski definition) is 1. The molecular formula is C19H33N. The largest absolute Gasteiger partial charge is 0.310 e. The first kappa shape index (κ1) is 17.2. The molecule has 0 heterocycles. The molecule has 1 aromatic rings.